The molecule has 0 bridgehead atoms. The van der Waals surface area contributed by atoms with Gasteiger partial charge >= 0.3 is 0 Å². The second-order valence-electron chi connectivity index (χ2n) is 4.49. The highest BCUT2D eigenvalue weighted by Crippen LogP contribution is 2.29. The number of aromatic nitrogens is 2. The molecule has 0 aliphatic heterocycles. The first kappa shape index (κ1) is 16.1. The van der Waals surface area contributed by atoms with Gasteiger partial charge < -0.3 is 9.30 Å². The molecule has 1 aromatic heterocycles. The molecule has 0 unspecified atom stereocenters. The van der Waals surface area contributed by atoms with Gasteiger partial charge in [-0.3, -0.25) is 0 Å². The first-order chi connectivity index (χ1) is 8.66. The van der Waals surface area contributed by atoms with Crippen LogP contribution in [0.4, 0.5) is 0 Å². The highest BCUT2D eigenvalue weighted by Gasteiger charge is 2.08. The minimum atomic E-state index is 0. The van der Waals surface area contributed by atoms with E-state index in [0.717, 1.165) is 16.8 Å². The lowest BCUT2D eigenvalue weighted by Gasteiger charge is -2.14. The molecule has 3 nitrogen and oxygen atoms in total. The fourth-order valence-electron chi connectivity index (χ4n) is 1.78. The summed E-state index contributed by atoms with van der Waals surface area (Å²) in [6, 6.07) is 6.16. The molecular formula is C14H18BrClN2O. The predicted molar refractivity (Wildman–Crippen MR) is 83.2 cm³/mol. The van der Waals surface area contributed by atoms with E-state index >= 15 is 0 Å². The molecule has 0 spiro atoms. The maximum absolute atomic E-state index is 5.86. The first-order valence-corrected chi connectivity index (χ1v) is 6.84. The van der Waals surface area contributed by atoms with Gasteiger partial charge in [0, 0.05) is 16.9 Å². The van der Waals surface area contributed by atoms with E-state index in [2.05, 4.69) is 40.8 Å². The fourth-order valence-corrected chi connectivity index (χ4v) is 2.16. The summed E-state index contributed by atoms with van der Waals surface area (Å²) >= 11 is 3.50. The SMILES string of the molecule is CC(C)c1cc(Br)ccc1OCCn1ccnc1.Cl. The monoisotopic (exact) mass is 344 g/mol. The van der Waals surface area contributed by atoms with Gasteiger partial charge in [-0.1, -0.05) is 29.8 Å². The Bertz CT molecular complexity index is 500. The van der Waals surface area contributed by atoms with Crippen LogP contribution in [0.2, 0.25) is 0 Å². The van der Waals surface area contributed by atoms with Gasteiger partial charge in [0.2, 0.25) is 0 Å². The van der Waals surface area contributed by atoms with Crippen molar-refractivity contribution >= 4 is 28.3 Å². The average Bonchev–Trinajstić information content (AvgIpc) is 2.84. The molecule has 0 N–H and O–H groups in total. The molecule has 0 saturated heterocycles. The number of halogens is 2. The number of benzene rings is 1. The van der Waals surface area contributed by atoms with E-state index in [1.54, 1.807) is 12.5 Å². The quantitative estimate of drug-likeness (QED) is 0.809. The lowest BCUT2D eigenvalue weighted by atomic mass is 10.0. The summed E-state index contributed by atoms with van der Waals surface area (Å²) in [7, 11) is 0. The molecule has 5 heteroatoms. The zero-order chi connectivity index (χ0) is 13.0. The second kappa shape index (κ2) is 7.56. The van der Waals surface area contributed by atoms with E-state index in [0.29, 0.717) is 12.5 Å². The van der Waals surface area contributed by atoms with Crippen molar-refractivity contribution < 1.29 is 4.74 Å². The van der Waals surface area contributed by atoms with Crippen LogP contribution in [0.3, 0.4) is 0 Å². The van der Waals surface area contributed by atoms with Crippen molar-refractivity contribution in [2.75, 3.05) is 6.61 Å². The lowest BCUT2D eigenvalue weighted by molar-refractivity contribution is 0.294. The van der Waals surface area contributed by atoms with Crippen LogP contribution in [0, 0.1) is 0 Å². The largest absolute Gasteiger partial charge is 0.491 e. The molecule has 1 heterocycles. The molecule has 2 rings (SSSR count). The molecule has 0 saturated carbocycles. The molecule has 0 fully saturated rings. The lowest BCUT2D eigenvalue weighted by Crippen LogP contribution is -2.08. The first-order valence-electron chi connectivity index (χ1n) is 6.05. The normalized spacial score (nSPS) is 10.3. The molecule has 0 aliphatic rings. The topological polar surface area (TPSA) is 27.1 Å². The van der Waals surface area contributed by atoms with Gasteiger partial charge in [-0.2, -0.15) is 0 Å². The Kier molecular flexibility index (Phi) is 6.38. The van der Waals surface area contributed by atoms with Crippen molar-refractivity contribution in [3.05, 3.63) is 47.0 Å². The molecule has 2 aromatic rings. The summed E-state index contributed by atoms with van der Waals surface area (Å²) < 4.78 is 8.96. The molecule has 0 aliphatic carbocycles. The van der Waals surface area contributed by atoms with Crippen molar-refractivity contribution in [1.82, 2.24) is 9.55 Å². The highest BCUT2D eigenvalue weighted by atomic mass is 79.9. The zero-order valence-electron chi connectivity index (χ0n) is 11.0. The van der Waals surface area contributed by atoms with Crippen molar-refractivity contribution in [3.8, 4) is 5.75 Å². The van der Waals surface area contributed by atoms with E-state index in [9.17, 15) is 0 Å². The zero-order valence-corrected chi connectivity index (χ0v) is 13.4. The Balaban J connectivity index is 0.00000180. The third-order valence-corrected chi connectivity index (χ3v) is 3.25. The third kappa shape index (κ3) is 4.55. The average molecular weight is 346 g/mol. The number of rotatable bonds is 5. The molecule has 0 atom stereocenters. The van der Waals surface area contributed by atoms with E-state index in [1.807, 2.05) is 22.9 Å². The molecule has 1 aromatic carbocycles. The number of ether oxygens (including phenoxy) is 1. The Hall–Kier alpha value is -1.00. The van der Waals surface area contributed by atoms with Crippen molar-refractivity contribution in [2.24, 2.45) is 0 Å². The van der Waals surface area contributed by atoms with E-state index in [4.69, 9.17) is 4.74 Å². The summed E-state index contributed by atoms with van der Waals surface area (Å²) in [5, 5.41) is 0. The van der Waals surface area contributed by atoms with Crippen LogP contribution in [-0.4, -0.2) is 16.2 Å². The van der Waals surface area contributed by atoms with Crippen LogP contribution in [-0.2, 0) is 6.54 Å². The molecule has 0 amide bonds. The van der Waals surface area contributed by atoms with Gasteiger partial charge in [-0.25, -0.2) is 4.98 Å². The summed E-state index contributed by atoms with van der Waals surface area (Å²) in [5.41, 5.74) is 1.23. The Morgan fingerprint density at radius 3 is 2.79 bits per heavy atom. The second-order valence-corrected chi connectivity index (χ2v) is 5.40. The summed E-state index contributed by atoms with van der Waals surface area (Å²) in [6.07, 6.45) is 5.52. The minimum absolute atomic E-state index is 0. The van der Waals surface area contributed by atoms with Crippen LogP contribution in [0.15, 0.2) is 41.4 Å². The van der Waals surface area contributed by atoms with Gasteiger partial charge in [0.05, 0.1) is 12.9 Å². The molecular weight excluding hydrogens is 328 g/mol. The van der Waals surface area contributed by atoms with Gasteiger partial charge in [0.15, 0.2) is 0 Å². The van der Waals surface area contributed by atoms with E-state index in [-0.39, 0.29) is 12.4 Å². The summed E-state index contributed by atoms with van der Waals surface area (Å²) in [4.78, 5) is 4.01. The maximum Gasteiger partial charge on any atom is 0.122 e. The smallest absolute Gasteiger partial charge is 0.122 e. The number of nitrogens with zero attached hydrogens (tertiary/aromatic N) is 2. The molecule has 104 valence electrons. The number of imidazole rings is 1. The number of hydrogen-bond donors (Lipinski definition) is 0. The molecule has 0 radical (unpaired) electrons. The Morgan fingerprint density at radius 1 is 1.37 bits per heavy atom. The van der Waals surface area contributed by atoms with Crippen LogP contribution in [0.25, 0.3) is 0 Å². The van der Waals surface area contributed by atoms with Gasteiger partial charge in [0.25, 0.3) is 0 Å². The van der Waals surface area contributed by atoms with Crippen molar-refractivity contribution in [2.45, 2.75) is 26.3 Å². The third-order valence-electron chi connectivity index (χ3n) is 2.76. The standard InChI is InChI=1S/C14H17BrN2O.ClH/c1-11(2)13-9-12(15)3-4-14(13)18-8-7-17-6-5-16-10-17;/h3-6,9-11H,7-8H2,1-2H3;1H. The van der Waals surface area contributed by atoms with E-state index < -0.39 is 0 Å². The van der Waals surface area contributed by atoms with Crippen LogP contribution in [0.1, 0.15) is 25.3 Å². The van der Waals surface area contributed by atoms with Crippen LogP contribution >= 0.6 is 28.3 Å². The predicted octanol–water partition coefficient (Wildman–Crippen LogP) is 4.27. The van der Waals surface area contributed by atoms with Gasteiger partial charge in [0.1, 0.15) is 12.4 Å². The van der Waals surface area contributed by atoms with Crippen LogP contribution in [0.5, 0.6) is 5.75 Å². The molecule has 19 heavy (non-hydrogen) atoms. The van der Waals surface area contributed by atoms with E-state index in [1.165, 1.54) is 5.56 Å². The van der Waals surface area contributed by atoms with Gasteiger partial charge in [-0.05, 0) is 29.7 Å². The Morgan fingerprint density at radius 2 is 2.16 bits per heavy atom. The highest BCUT2D eigenvalue weighted by molar-refractivity contribution is 9.10. The van der Waals surface area contributed by atoms with Crippen molar-refractivity contribution in [1.29, 1.82) is 0 Å². The minimum Gasteiger partial charge on any atom is -0.491 e. The van der Waals surface area contributed by atoms with Gasteiger partial charge in [-0.15, -0.1) is 12.4 Å². The summed E-state index contributed by atoms with van der Waals surface area (Å²) in [5.74, 6) is 1.42. The Labute approximate surface area is 128 Å². The fraction of sp³-hybridized carbons (Fsp3) is 0.357. The van der Waals surface area contributed by atoms with Crippen molar-refractivity contribution in [3.63, 3.8) is 0 Å². The summed E-state index contributed by atoms with van der Waals surface area (Å²) in [6.45, 7) is 5.81. The van der Waals surface area contributed by atoms with Crippen LogP contribution < -0.4 is 4.74 Å². The number of hydrogen-bond acceptors (Lipinski definition) is 2. The maximum atomic E-state index is 5.86.